The summed E-state index contributed by atoms with van der Waals surface area (Å²) in [5.41, 5.74) is 1.67. The molecular weight excluding hydrogens is 438 g/mol. The number of aryl methyl sites for hydroxylation is 1. The molecule has 170 valence electrons. The molecule has 0 spiro atoms. The molecule has 5 rings (SSSR count). The van der Waals surface area contributed by atoms with Crippen molar-refractivity contribution in [1.29, 1.82) is 0 Å². The standard InChI is InChI=1S/C24H25N5O3S/c30-22(8-3-9-29-17-25-20-6-2-1-5-19(20)24(29)31)28-12-10-27(11-13-28)15-18-16-33-23(26-18)21-7-4-14-32-21/h1-2,4-7,14,16-17H,3,8-13,15H2. The van der Waals surface area contributed by atoms with E-state index in [0.717, 1.165) is 36.1 Å². The van der Waals surface area contributed by atoms with Gasteiger partial charge < -0.3 is 9.32 Å². The lowest BCUT2D eigenvalue weighted by molar-refractivity contribution is -0.133. The maximum atomic E-state index is 12.7. The molecule has 0 unspecified atom stereocenters. The van der Waals surface area contributed by atoms with E-state index in [0.29, 0.717) is 43.4 Å². The highest BCUT2D eigenvalue weighted by molar-refractivity contribution is 7.13. The zero-order valence-corrected chi connectivity index (χ0v) is 19.0. The molecule has 1 amide bonds. The predicted octanol–water partition coefficient (Wildman–Crippen LogP) is 3.24. The van der Waals surface area contributed by atoms with Crippen molar-refractivity contribution >= 4 is 28.1 Å². The molecule has 4 heterocycles. The number of furan rings is 1. The van der Waals surface area contributed by atoms with Crippen LogP contribution < -0.4 is 5.56 Å². The van der Waals surface area contributed by atoms with Crippen LogP contribution in [0.15, 0.2) is 63.6 Å². The topological polar surface area (TPSA) is 84.5 Å². The molecule has 1 fully saturated rings. The Bertz CT molecular complexity index is 1290. The molecule has 33 heavy (non-hydrogen) atoms. The van der Waals surface area contributed by atoms with Crippen LogP contribution in [0.3, 0.4) is 0 Å². The summed E-state index contributed by atoms with van der Waals surface area (Å²) in [6, 6.07) is 11.1. The summed E-state index contributed by atoms with van der Waals surface area (Å²) in [5.74, 6) is 0.939. The summed E-state index contributed by atoms with van der Waals surface area (Å²) in [4.78, 5) is 38.5. The van der Waals surface area contributed by atoms with Crippen molar-refractivity contribution in [2.75, 3.05) is 26.2 Å². The predicted molar refractivity (Wildman–Crippen MR) is 127 cm³/mol. The van der Waals surface area contributed by atoms with Gasteiger partial charge in [0.1, 0.15) is 0 Å². The van der Waals surface area contributed by atoms with Crippen molar-refractivity contribution in [2.24, 2.45) is 0 Å². The quantitative estimate of drug-likeness (QED) is 0.418. The van der Waals surface area contributed by atoms with Crippen LogP contribution in [0.2, 0.25) is 0 Å². The van der Waals surface area contributed by atoms with E-state index < -0.39 is 0 Å². The van der Waals surface area contributed by atoms with Crippen LogP contribution >= 0.6 is 11.3 Å². The van der Waals surface area contributed by atoms with Gasteiger partial charge in [0.25, 0.3) is 5.56 Å². The Labute approximate surface area is 195 Å². The maximum absolute atomic E-state index is 12.7. The van der Waals surface area contributed by atoms with E-state index in [1.165, 1.54) is 0 Å². The van der Waals surface area contributed by atoms with Crippen LogP contribution in [0.5, 0.6) is 0 Å². The lowest BCUT2D eigenvalue weighted by atomic mass is 10.2. The van der Waals surface area contributed by atoms with E-state index >= 15 is 0 Å². The van der Waals surface area contributed by atoms with Crippen LogP contribution in [0.4, 0.5) is 0 Å². The van der Waals surface area contributed by atoms with Gasteiger partial charge in [-0.05, 0) is 30.7 Å². The molecule has 1 saturated heterocycles. The third kappa shape index (κ3) is 4.89. The van der Waals surface area contributed by atoms with Crippen molar-refractivity contribution in [3.8, 4) is 10.8 Å². The SMILES string of the molecule is O=C(CCCn1cnc2ccccc2c1=O)N1CCN(Cc2csc(-c3ccco3)n2)CC1. The minimum Gasteiger partial charge on any atom is -0.462 e. The molecule has 0 atom stereocenters. The molecule has 1 aromatic carbocycles. The Kier molecular flexibility index (Phi) is 6.32. The zero-order chi connectivity index (χ0) is 22.6. The third-order valence-electron chi connectivity index (χ3n) is 5.92. The molecule has 0 aliphatic carbocycles. The second-order valence-electron chi connectivity index (χ2n) is 8.14. The van der Waals surface area contributed by atoms with Crippen molar-refractivity contribution in [1.82, 2.24) is 24.3 Å². The number of thiazole rings is 1. The minimum atomic E-state index is -0.0566. The van der Waals surface area contributed by atoms with Crippen LogP contribution in [0.25, 0.3) is 21.7 Å². The second-order valence-corrected chi connectivity index (χ2v) is 9.00. The fourth-order valence-corrected chi connectivity index (χ4v) is 4.88. The summed E-state index contributed by atoms with van der Waals surface area (Å²) in [6.07, 6.45) is 4.28. The largest absolute Gasteiger partial charge is 0.462 e. The van der Waals surface area contributed by atoms with Gasteiger partial charge in [-0.15, -0.1) is 11.3 Å². The molecule has 0 bridgehead atoms. The van der Waals surface area contributed by atoms with Crippen molar-refractivity contribution in [2.45, 2.75) is 25.9 Å². The lowest BCUT2D eigenvalue weighted by Gasteiger charge is -2.34. The first-order chi connectivity index (χ1) is 16.2. The maximum Gasteiger partial charge on any atom is 0.261 e. The number of rotatable bonds is 7. The number of para-hydroxylation sites is 1. The minimum absolute atomic E-state index is 0.0566. The molecule has 0 saturated carbocycles. The van der Waals surface area contributed by atoms with Crippen LogP contribution in [-0.2, 0) is 17.9 Å². The zero-order valence-electron chi connectivity index (χ0n) is 18.2. The molecule has 1 aliphatic heterocycles. The Hall–Kier alpha value is -3.30. The number of aromatic nitrogens is 3. The van der Waals surface area contributed by atoms with Gasteiger partial charge in [0, 0.05) is 51.1 Å². The normalized spacial score (nSPS) is 14.7. The van der Waals surface area contributed by atoms with Gasteiger partial charge in [-0.25, -0.2) is 9.97 Å². The number of carbonyl (C=O) groups excluding carboxylic acids is 1. The highest BCUT2D eigenvalue weighted by Gasteiger charge is 2.21. The molecule has 9 heteroatoms. The van der Waals surface area contributed by atoms with Crippen LogP contribution in [-0.4, -0.2) is 56.4 Å². The van der Waals surface area contributed by atoms with Gasteiger partial charge in [-0.3, -0.25) is 19.1 Å². The average Bonchev–Trinajstić information content (AvgIpc) is 3.53. The summed E-state index contributed by atoms with van der Waals surface area (Å²) in [7, 11) is 0. The summed E-state index contributed by atoms with van der Waals surface area (Å²) in [6.45, 7) is 4.35. The van der Waals surface area contributed by atoms with Gasteiger partial charge >= 0.3 is 0 Å². The molecule has 4 aromatic rings. The molecule has 3 aromatic heterocycles. The van der Waals surface area contributed by atoms with E-state index in [1.807, 2.05) is 35.2 Å². The van der Waals surface area contributed by atoms with E-state index in [9.17, 15) is 9.59 Å². The molecular formula is C24H25N5O3S. The van der Waals surface area contributed by atoms with Crippen molar-refractivity contribution in [3.63, 3.8) is 0 Å². The molecule has 0 radical (unpaired) electrons. The number of benzene rings is 1. The Morgan fingerprint density at radius 2 is 1.94 bits per heavy atom. The Morgan fingerprint density at radius 3 is 2.76 bits per heavy atom. The number of fused-ring (bicyclic) bond motifs is 1. The molecule has 0 N–H and O–H groups in total. The summed E-state index contributed by atoms with van der Waals surface area (Å²) in [5, 5.41) is 3.57. The fraction of sp³-hybridized carbons (Fsp3) is 0.333. The van der Waals surface area contributed by atoms with Crippen LogP contribution in [0.1, 0.15) is 18.5 Å². The smallest absolute Gasteiger partial charge is 0.261 e. The molecule has 8 nitrogen and oxygen atoms in total. The first kappa shape index (κ1) is 21.5. The number of nitrogens with zero attached hydrogens (tertiary/aromatic N) is 5. The van der Waals surface area contributed by atoms with E-state index in [1.54, 1.807) is 34.6 Å². The summed E-state index contributed by atoms with van der Waals surface area (Å²) >= 11 is 1.59. The number of piperazine rings is 1. The van der Waals surface area contributed by atoms with Gasteiger partial charge in [0.05, 0.1) is 29.2 Å². The second kappa shape index (κ2) is 9.68. The van der Waals surface area contributed by atoms with Gasteiger partial charge in [-0.1, -0.05) is 12.1 Å². The number of amides is 1. The lowest BCUT2D eigenvalue weighted by Crippen LogP contribution is -2.48. The fourth-order valence-electron chi connectivity index (χ4n) is 4.10. The highest BCUT2D eigenvalue weighted by Crippen LogP contribution is 2.24. The Balaban J connectivity index is 1.08. The van der Waals surface area contributed by atoms with Gasteiger partial charge in [0.2, 0.25) is 5.91 Å². The Morgan fingerprint density at radius 1 is 1.09 bits per heavy atom. The van der Waals surface area contributed by atoms with Gasteiger partial charge in [-0.2, -0.15) is 0 Å². The number of hydrogen-bond acceptors (Lipinski definition) is 7. The average molecular weight is 464 g/mol. The monoisotopic (exact) mass is 463 g/mol. The number of hydrogen-bond donors (Lipinski definition) is 0. The first-order valence-electron chi connectivity index (χ1n) is 11.1. The molecule has 1 aliphatic rings. The van der Waals surface area contributed by atoms with Crippen LogP contribution in [0, 0.1) is 0 Å². The third-order valence-corrected chi connectivity index (χ3v) is 6.82. The first-order valence-corrected chi connectivity index (χ1v) is 12.0. The van der Waals surface area contributed by atoms with Crippen molar-refractivity contribution < 1.29 is 9.21 Å². The summed E-state index contributed by atoms with van der Waals surface area (Å²) < 4.78 is 7.01. The van der Waals surface area contributed by atoms with Gasteiger partial charge in [0.15, 0.2) is 10.8 Å². The number of carbonyl (C=O) groups is 1. The highest BCUT2D eigenvalue weighted by atomic mass is 32.1. The van der Waals surface area contributed by atoms with E-state index in [-0.39, 0.29) is 11.5 Å². The van der Waals surface area contributed by atoms with Crippen molar-refractivity contribution in [3.05, 3.63) is 70.4 Å². The van der Waals surface area contributed by atoms with E-state index in [2.05, 4.69) is 20.2 Å². The van der Waals surface area contributed by atoms with E-state index in [4.69, 9.17) is 4.42 Å².